The van der Waals surface area contributed by atoms with Crippen LogP contribution in [0.5, 0.6) is 0 Å². The van der Waals surface area contributed by atoms with Crippen molar-refractivity contribution in [3.05, 3.63) is 0 Å². The normalized spacial score (nSPS) is 19.6. The number of guanidine groups is 1. The highest BCUT2D eigenvalue weighted by Crippen LogP contribution is 2.15. The van der Waals surface area contributed by atoms with E-state index in [2.05, 4.69) is 27.4 Å². The SMILES string of the molecule is CCOCCCNC(=NC)NCCCN1CCCCC1C.I. The summed E-state index contributed by atoms with van der Waals surface area (Å²) in [6.45, 7) is 10.3. The minimum absolute atomic E-state index is 0. The summed E-state index contributed by atoms with van der Waals surface area (Å²) in [5, 5.41) is 6.71. The molecule has 1 saturated heterocycles. The third-order valence-corrected chi connectivity index (χ3v) is 4.04. The fourth-order valence-electron chi connectivity index (χ4n) is 2.72. The van der Waals surface area contributed by atoms with Gasteiger partial charge >= 0.3 is 0 Å². The lowest BCUT2D eigenvalue weighted by molar-refractivity contribution is 0.145. The van der Waals surface area contributed by atoms with Crippen LogP contribution in [0, 0.1) is 0 Å². The summed E-state index contributed by atoms with van der Waals surface area (Å²) in [4.78, 5) is 6.86. The van der Waals surface area contributed by atoms with E-state index in [0.29, 0.717) is 0 Å². The van der Waals surface area contributed by atoms with Gasteiger partial charge in [0.1, 0.15) is 0 Å². The summed E-state index contributed by atoms with van der Waals surface area (Å²) < 4.78 is 5.32. The third kappa shape index (κ3) is 9.84. The van der Waals surface area contributed by atoms with Crippen LogP contribution in [-0.2, 0) is 4.74 Å². The van der Waals surface area contributed by atoms with Crippen LogP contribution in [0.1, 0.15) is 46.0 Å². The van der Waals surface area contributed by atoms with Crippen molar-refractivity contribution in [2.24, 2.45) is 4.99 Å². The molecular weight excluding hydrogens is 391 g/mol. The Balaban J connectivity index is 0.00000441. The molecule has 1 rings (SSSR count). The number of nitrogens with one attached hydrogen (secondary N) is 2. The van der Waals surface area contributed by atoms with Crippen molar-refractivity contribution < 1.29 is 4.74 Å². The van der Waals surface area contributed by atoms with Gasteiger partial charge in [-0.15, -0.1) is 24.0 Å². The molecule has 0 aliphatic carbocycles. The molecule has 0 spiro atoms. The Bertz CT molecular complexity index is 289. The van der Waals surface area contributed by atoms with E-state index in [9.17, 15) is 0 Å². The number of piperidine rings is 1. The van der Waals surface area contributed by atoms with E-state index in [-0.39, 0.29) is 24.0 Å². The number of ether oxygens (including phenoxy) is 1. The van der Waals surface area contributed by atoms with Gasteiger partial charge in [0.05, 0.1) is 0 Å². The molecule has 6 heteroatoms. The maximum Gasteiger partial charge on any atom is 0.190 e. The maximum absolute atomic E-state index is 5.32. The minimum Gasteiger partial charge on any atom is -0.382 e. The number of rotatable bonds is 9. The number of halogens is 1. The molecule has 5 nitrogen and oxygen atoms in total. The highest BCUT2D eigenvalue weighted by atomic mass is 127. The molecule has 1 unspecified atom stereocenters. The van der Waals surface area contributed by atoms with Crippen LogP contribution in [0.15, 0.2) is 4.99 Å². The van der Waals surface area contributed by atoms with Crippen LogP contribution in [0.2, 0.25) is 0 Å². The average Bonchev–Trinajstić information content (AvgIpc) is 2.50. The zero-order valence-electron chi connectivity index (χ0n) is 14.6. The summed E-state index contributed by atoms with van der Waals surface area (Å²) in [5.41, 5.74) is 0. The van der Waals surface area contributed by atoms with Gasteiger partial charge in [-0.1, -0.05) is 6.42 Å². The molecule has 1 aliphatic rings. The molecule has 0 bridgehead atoms. The second kappa shape index (κ2) is 14.5. The summed E-state index contributed by atoms with van der Waals surface area (Å²) in [6, 6.07) is 0.759. The molecule has 0 aromatic carbocycles. The summed E-state index contributed by atoms with van der Waals surface area (Å²) >= 11 is 0. The molecule has 1 atom stereocenters. The van der Waals surface area contributed by atoms with Gasteiger partial charge in [-0.05, 0) is 46.1 Å². The predicted octanol–water partition coefficient (Wildman–Crippen LogP) is 2.46. The molecule has 1 fully saturated rings. The number of aliphatic imine (C=N–C) groups is 1. The Morgan fingerprint density at radius 1 is 1.23 bits per heavy atom. The van der Waals surface area contributed by atoms with E-state index < -0.39 is 0 Å². The number of likely N-dealkylation sites (tertiary alicyclic amines) is 1. The van der Waals surface area contributed by atoms with E-state index in [1.807, 2.05) is 14.0 Å². The summed E-state index contributed by atoms with van der Waals surface area (Å²) in [6.07, 6.45) is 6.30. The first kappa shape index (κ1) is 21.9. The first-order valence-corrected chi connectivity index (χ1v) is 8.54. The second-order valence-electron chi connectivity index (χ2n) is 5.71. The molecule has 0 amide bonds. The second-order valence-corrected chi connectivity index (χ2v) is 5.71. The zero-order chi connectivity index (χ0) is 15.3. The topological polar surface area (TPSA) is 48.9 Å². The number of hydrogen-bond donors (Lipinski definition) is 2. The first-order valence-electron chi connectivity index (χ1n) is 8.54. The van der Waals surface area contributed by atoms with Gasteiger partial charge in [-0.2, -0.15) is 0 Å². The van der Waals surface area contributed by atoms with Gasteiger partial charge in [-0.3, -0.25) is 4.99 Å². The number of hydrogen-bond acceptors (Lipinski definition) is 3. The Labute approximate surface area is 153 Å². The Morgan fingerprint density at radius 2 is 1.95 bits per heavy atom. The highest BCUT2D eigenvalue weighted by molar-refractivity contribution is 14.0. The van der Waals surface area contributed by atoms with Crippen LogP contribution in [-0.4, -0.2) is 63.3 Å². The standard InChI is InChI=1S/C16H34N4O.HI/c1-4-21-14-8-11-19-16(17-3)18-10-7-13-20-12-6-5-9-15(20)2;/h15H,4-14H2,1-3H3,(H2,17,18,19);1H. The fraction of sp³-hybridized carbons (Fsp3) is 0.938. The molecule has 0 aromatic rings. The maximum atomic E-state index is 5.32. The molecule has 22 heavy (non-hydrogen) atoms. The smallest absolute Gasteiger partial charge is 0.190 e. The van der Waals surface area contributed by atoms with Crippen molar-refractivity contribution in [1.82, 2.24) is 15.5 Å². The van der Waals surface area contributed by atoms with Gasteiger partial charge < -0.3 is 20.3 Å². The van der Waals surface area contributed by atoms with Crippen LogP contribution in [0.25, 0.3) is 0 Å². The predicted molar refractivity (Wildman–Crippen MR) is 105 cm³/mol. The van der Waals surface area contributed by atoms with E-state index in [1.165, 1.54) is 38.8 Å². The van der Waals surface area contributed by atoms with Crippen LogP contribution in [0.3, 0.4) is 0 Å². The third-order valence-electron chi connectivity index (χ3n) is 4.04. The van der Waals surface area contributed by atoms with Crippen molar-refractivity contribution >= 4 is 29.9 Å². The highest BCUT2D eigenvalue weighted by Gasteiger charge is 2.16. The molecule has 0 aromatic heterocycles. The van der Waals surface area contributed by atoms with Crippen molar-refractivity contribution in [3.63, 3.8) is 0 Å². The van der Waals surface area contributed by atoms with E-state index in [0.717, 1.165) is 44.7 Å². The van der Waals surface area contributed by atoms with Gasteiger partial charge in [0.2, 0.25) is 0 Å². The van der Waals surface area contributed by atoms with Crippen molar-refractivity contribution in [1.29, 1.82) is 0 Å². The molecule has 132 valence electrons. The van der Waals surface area contributed by atoms with Crippen LogP contribution in [0.4, 0.5) is 0 Å². The van der Waals surface area contributed by atoms with Gasteiger partial charge in [0, 0.05) is 45.9 Å². The van der Waals surface area contributed by atoms with Crippen molar-refractivity contribution in [3.8, 4) is 0 Å². The number of nitrogens with zero attached hydrogens (tertiary/aromatic N) is 2. The quantitative estimate of drug-likeness (QED) is 0.258. The lowest BCUT2D eigenvalue weighted by atomic mass is 10.0. The lowest BCUT2D eigenvalue weighted by Gasteiger charge is -2.33. The molecule has 1 aliphatic heterocycles. The largest absolute Gasteiger partial charge is 0.382 e. The molecule has 2 N–H and O–H groups in total. The molecule has 0 radical (unpaired) electrons. The summed E-state index contributed by atoms with van der Waals surface area (Å²) in [7, 11) is 1.82. The van der Waals surface area contributed by atoms with Gasteiger partial charge in [0.25, 0.3) is 0 Å². The lowest BCUT2D eigenvalue weighted by Crippen LogP contribution is -2.41. The van der Waals surface area contributed by atoms with Gasteiger partial charge in [0.15, 0.2) is 5.96 Å². The monoisotopic (exact) mass is 426 g/mol. The van der Waals surface area contributed by atoms with Crippen LogP contribution >= 0.6 is 24.0 Å². The fourth-order valence-corrected chi connectivity index (χ4v) is 2.72. The molecule has 1 heterocycles. The van der Waals surface area contributed by atoms with Crippen molar-refractivity contribution in [2.75, 3.05) is 46.4 Å². The minimum atomic E-state index is 0. The first-order chi connectivity index (χ1) is 10.3. The Kier molecular flexibility index (Phi) is 14.5. The van der Waals surface area contributed by atoms with E-state index in [1.54, 1.807) is 0 Å². The zero-order valence-corrected chi connectivity index (χ0v) is 16.9. The average molecular weight is 426 g/mol. The summed E-state index contributed by atoms with van der Waals surface area (Å²) in [5.74, 6) is 0.901. The Hall–Kier alpha value is -0.0800. The van der Waals surface area contributed by atoms with Crippen molar-refractivity contribution in [2.45, 2.75) is 52.0 Å². The van der Waals surface area contributed by atoms with E-state index >= 15 is 0 Å². The Morgan fingerprint density at radius 3 is 2.59 bits per heavy atom. The van der Waals surface area contributed by atoms with E-state index in [4.69, 9.17) is 4.74 Å². The van der Waals surface area contributed by atoms with Crippen LogP contribution < -0.4 is 10.6 Å². The molecular formula is C16H35IN4O. The van der Waals surface area contributed by atoms with Gasteiger partial charge in [-0.25, -0.2) is 0 Å². The molecule has 0 saturated carbocycles.